The van der Waals surface area contributed by atoms with Crippen LogP contribution in [-0.2, 0) is 0 Å². The summed E-state index contributed by atoms with van der Waals surface area (Å²) in [4.78, 5) is 23.9. The van der Waals surface area contributed by atoms with Crippen LogP contribution in [-0.4, -0.2) is 11.6 Å². The Morgan fingerprint density at radius 3 is 1.65 bits per heavy atom. The lowest BCUT2D eigenvalue weighted by Gasteiger charge is -2.02. The van der Waals surface area contributed by atoms with Gasteiger partial charge in [0.25, 0.3) is 0 Å². The van der Waals surface area contributed by atoms with Crippen molar-refractivity contribution < 1.29 is 9.59 Å². The summed E-state index contributed by atoms with van der Waals surface area (Å²) in [6.45, 7) is 0. The highest BCUT2D eigenvalue weighted by Gasteiger charge is 2.11. The maximum Gasteiger partial charge on any atom is 0.163 e. The normalized spacial score (nSPS) is 10.3. The number of carbonyl (C=O) groups is 2. The molecule has 0 unspecified atom stereocenters. The Hall–Kier alpha value is -1.45. The number of Topliss-reactive ketones (excluding diaryl/α,β-unsaturated/α-hetero) is 2. The third-order valence-corrected chi connectivity index (χ3v) is 3.69. The van der Waals surface area contributed by atoms with Crippen molar-refractivity contribution in [1.29, 1.82) is 0 Å². The van der Waals surface area contributed by atoms with Crippen molar-refractivity contribution >= 4 is 39.1 Å². The number of benzene rings is 2. The zero-order valence-electron chi connectivity index (χ0n) is 10.6. The van der Waals surface area contributed by atoms with Crippen LogP contribution in [0.4, 0.5) is 0 Å². The van der Waals surface area contributed by atoms with E-state index >= 15 is 0 Å². The van der Waals surface area contributed by atoms with Gasteiger partial charge in [0.05, 0.1) is 0 Å². The molecule has 0 spiro atoms. The van der Waals surface area contributed by atoms with E-state index in [-0.39, 0.29) is 24.4 Å². The van der Waals surface area contributed by atoms with E-state index in [1.807, 2.05) is 12.1 Å². The molecule has 2 aromatic carbocycles. The van der Waals surface area contributed by atoms with Crippen molar-refractivity contribution in [2.45, 2.75) is 12.8 Å². The van der Waals surface area contributed by atoms with Crippen LogP contribution in [0.5, 0.6) is 0 Å². The van der Waals surface area contributed by atoms with Crippen LogP contribution in [0, 0.1) is 0 Å². The molecule has 0 radical (unpaired) electrons. The molecule has 0 heterocycles. The number of hydrogen-bond donors (Lipinski definition) is 0. The fourth-order valence-electron chi connectivity index (χ4n) is 1.79. The fraction of sp³-hybridized carbons (Fsp3) is 0.125. The average molecular weight is 352 g/mol. The Balaban J connectivity index is 1.94. The van der Waals surface area contributed by atoms with E-state index in [9.17, 15) is 9.59 Å². The topological polar surface area (TPSA) is 34.1 Å². The summed E-state index contributed by atoms with van der Waals surface area (Å²) in [5.41, 5.74) is 1.20. The lowest BCUT2D eigenvalue weighted by Crippen LogP contribution is -2.05. The minimum atomic E-state index is -0.0490. The number of hydrogen-bond acceptors (Lipinski definition) is 2. The maximum atomic E-state index is 12.0. The fourth-order valence-corrected chi connectivity index (χ4v) is 2.18. The zero-order chi connectivity index (χ0) is 14.5. The van der Waals surface area contributed by atoms with Crippen LogP contribution in [0.2, 0.25) is 5.02 Å². The van der Waals surface area contributed by atoms with E-state index in [0.717, 1.165) is 4.47 Å². The first-order valence-electron chi connectivity index (χ1n) is 6.14. The summed E-state index contributed by atoms with van der Waals surface area (Å²) < 4.78 is 0.922. The first-order valence-corrected chi connectivity index (χ1v) is 7.31. The standard InChI is InChI=1S/C16H12BrClO2/c17-13-5-1-11(2-6-13)15(19)9-10-16(20)12-3-7-14(18)8-4-12/h1-8H,9-10H2. The summed E-state index contributed by atoms with van der Waals surface area (Å²) in [6, 6.07) is 13.8. The first kappa shape index (κ1) is 14.9. The van der Waals surface area contributed by atoms with Gasteiger partial charge in [-0.2, -0.15) is 0 Å². The maximum absolute atomic E-state index is 12.0. The molecule has 0 atom stereocenters. The molecule has 0 amide bonds. The molecule has 102 valence electrons. The molecule has 0 bridgehead atoms. The van der Waals surface area contributed by atoms with Gasteiger partial charge in [0, 0.05) is 33.5 Å². The number of ketones is 2. The average Bonchev–Trinajstić information content (AvgIpc) is 2.46. The monoisotopic (exact) mass is 350 g/mol. The number of carbonyl (C=O) groups excluding carboxylic acids is 2. The third kappa shape index (κ3) is 4.02. The first-order chi connectivity index (χ1) is 9.56. The largest absolute Gasteiger partial charge is 0.294 e. The molecular weight excluding hydrogens is 340 g/mol. The lowest BCUT2D eigenvalue weighted by molar-refractivity contribution is 0.0917. The SMILES string of the molecule is O=C(CCC(=O)c1ccc(Br)cc1)c1ccc(Cl)cc1. The quantitative estimate of drug-likeness (QED) is 0.714. The predicted molar refractivity (Wildman–Crippen MR) is 83.5 cm³/mol. The highest BCUT2D eigenvalue weighted by molar-refractivity contribution is 9.10. The van der Waals surface area contributed by atoms with Gasteiger partial charge < -0.3 is 0 Å². The molecule has 2 rings (SSSR count). The molecular formula is C16H12BrClO2. The molecule has 4 heteroatoms. The molecule has 0 aliphatic rings. The lowest BCUT2D eigenvalue weighted by atomic mass is 10.0. The van der Waals surface area contributed by atoms with Gasteiger partial charge in [-0.1, -0.05) is 39.7 Å². The van der Waals surface area contributed by atoms with Crippen molar-refractivity contribution in [3.8, 4) is 0 Å². The second-order valence-electron chi connectivity index (χ2n) is 4.36. The van der Waals surface area contributed by atoms with Crippen LogP contribution in [0.1, 0.15) is 33.6 Å². The second kappa shape index (κ2) is 6.82. The molecule has 0 saturated heterocycles. The zero-order valence-corrected chi connectivity index (χ0v) is 12.9. The van der Waals surface area contributed by atoms with Crippen molar-refractivity contribution in [3.05, 3.63) is 69.2 Å². The van der Waals surface area contributed by atoms with E-state index < -0.39 is 0 Å². The van der Waals surface area contributed by atoms with Crippen molar-refractivity contribution in [3.63, 3.8) is 0 Å². The molecule has 0 fully saturated rings. The van der Waals surface area contributed by atoms with E-state index in [2.05, 4.69) is 15.9 Å². The van der Waals surface area contributed by atoms with Gasteiger partial charge in [-0.3, -0.25) is 9.59 Å². The van der Waals surface area contributed by atoms with Crippen LogP contribution < -0.4 is 0 Å². The Morgan fingerprint density at radius 2 is 1.20 bits per heavy atom. The summed E-state index contributed by atoms with van der Waals surface area (Å²) >= 11 is 9.08. The summed E-state index contributed by atoms with van der Waals surface area (Å²) in [5, 5.41) is 0.590. The van der Waals surface area contributed by atoms with Crippen LogP contribution in [0.25, 0.3) is 0 Å². The molecule has 0 aromatic heterocycles. The Kier molecular flexibility index (Phi) is 5.10. The Labute approximate surface area is 130 Å². The van der Waals surface area contributed by atoms with Crippen LogP contribution >= 0.6 is 27.5 Å². The van der Waals surface area contributed by atoms with Gasteiger partial charge in [0.2, 0.25) is 0 Å². The molecule has 2 nitrogen and oxygen atoms in total. The van der Waals surface area contributed by atoms with Gasteiger partial charge in [0.1, 0.15) is 0 Å². The smallest absolute Gasteiger partial charge is 0.163 e. The van der Waals surface area contributed by atoms with E-state index in [1.165, 1.54) is 0 Å². The summed E-state index contributed by atoms with van der Waals surface area (Å²) in [5.74, 6) is -0.0769. The Bertz CT molecular complexity index is 560. The van der Waals surface area contributed by atoms with Gasteiger partial charge >= 0.3 is 0 Å². The van der Waals surface area contributed by atoms with E-state index in [1.54, 1.807) is 36.4 Å². The molecule has 0 saturated carbocycles. The van der Waals surface area contributed by atoms with Crippen molar-refractivity contribution in [1.82, 2.24) is 0 Å². The van der Waals surface area contributed by atoms with E-state index in [0.29, 0.717) is 16.1 Å². The number of halogens is 2. The van der Waals surface area contributed by atoms with Gasteiger partial charge in [0.15, 0.2) is 11.6 Å². The second-order valence-corrected chi connectivity index (χ2v) is 5.71. The molecule has 20 heavy (non-hydrogen) atoms. The molecule has 2 aromatic rings. The minimum absolute atomic E-state index is 0.0280. The minimum Gasteiger partial charge on any atom is -0.294 e. The van der Waals surface area contributed by atoms with E-state index in [4.69, 9.17) is 11.6 Å². The Morgan fingerprint density at radius 1 is 0.800 bits per heavy atom. The van der Waals surface area contributed by atoms with Gasteiger partial charge in [-0.15, -0.1) is 0 Å². The summed E-state index contributed by atoms with van der Waals surface area (Å²) in [7, 11) is 0. The van der Waals surface area contributed by atoms with Crippen LogP contribution in [0.3, 0.4) is 0 Å². The molecule has 0 aliphatic heterocycles. The number of rotatable bonds is 5. The highest BCUT2D eigenvalue weighted by Crippen LogP contribution is 2.15. The van der Waals surface area contributed by atoms with Gasteiger partial charge in [-0.25, -0.2) is 0 Å². The van der Waals surface area contributed by atoms with Gasteiger partial charge in [-0.05, 0) is 36.4 Å². The van der Waals surface area contributed by atoms with Crippen molar-refractivity contribution in [2.75, 3.05) is 0 Å². The van der Waals surface area contributed by atoms with Crippen LogP contribution in [0.15, 0.2) is 53.0 Å². The highest BCUT2D eigenvalue weighted by atomic mass is 79.9. The predicted octanol–water partition coefficient (Wildman–Crippen LogP) is 4.95. The summed E-state index contributed by atoms with van der Waals surface area (Å²) in [6.07, 6.45) is 0.416. The molecule has 0 aliphatic carbocycles. The molecule has 0 N–H and O–H groups in total. The van der Waals surface area contributed by atoms with Crippen molar-refractivity contribution in [2.24, 2.45) is 0 Å². The third-order valence-electron chi connectivity index (χ3n) is 2.91.